The normalized spacial score (nSPS) is 24.2. The van der Waals surface area contributed by atoms with Crippen molar-refractivity contribution in [2.45, 2.75) is 25.3 Å². The van der Waals surface area contributed by atoms with Gasteiger partial charge in [0.25, 0.3) is 5.91 Å². The predicted octanol–water partition coefficient (Wildman–Crippen LogP) is 0.856. The lowest BCUT2D eigenvalue weighted by molar-refractivity contribution is -0.125. The van der Waals surface area contributed by atoms with Crippen molar-refractivity contribution in [2.24, 2.45) is 10.9 Å². The van der Waals surface area contributed by atoms with Crippen LogP contribution in [-0.4, -0.2) is 66.5 Å². The molecule has 0 saturated carbocycles. The van der Waals surface area contributed by atoms with Crippen molar-refractivity contribution in [3.63, 3.8) is 0 Å². The lowest BCUT2D eigenvalue weighted by Gasteiger charge is -2.39. The molecule has 1 unspecified atom stereocenters. The van der Waals surface area contributed by atoms with Crippen LogP contribution in [0.25, 0.3) is 0 Å². The number of guanidine groups is 1. The van der Waals surface area contributed by atoms with Gasteiger partial charge in [0, 0.05) is 32.4 Å². The Labute approximate surface area is 170 Å². The molecule has 9 heteroatoms. The molecule has 2 saturated heterocycles. The standard InChI is InChI=1S/C16H25N5O2S.HI/c1-4-10-24-11-7-18-14(17-3)21-8-5-12(6-9-21)16(2)13(22)19-15(23)20-16;/h1,12H,5-11H2,2-3H3,(H,17,18)(H2,19,20,22,23);1H. The van der Waals surface area contributed by atoms with Gasteiger partial charge in [-0.2, -0.15) is 0 Å². The Morgan fingerprint density at radius 1 is 1.48 bits per heavy atom. The Morgan fingerprint density at radius 2 is 2.16 bits per heavy atom. The molecule has 2 aliphatic rings. The fourth-order valence-electron chi connectivity index (χ4n) is 3.21. The first-order chi connectivity index (χ1) is 11.5. The van der Waals surface area contributed by atoms with E-state index in [4.69, 9.17) is 6.42 Å². The largest absolute Gasteiger partial charge is 0.355 e. The van der Waals surface area contributed by atoms with Crippen molar-refractivity contribution in [1.82, 2.24) is 20.9 Å². The minimum atomic E-state index is -0.800. The Balaban J connectivity index is 0.00000312. The highest BCUT2D eigenvalue weighted by Gasteiger charge is 2.48. The number of terminal acetylenes is 1. The van der Waals surface area contributed by atoms with Gasteiger partial charge < -0.3 is 15.5 Å². The summed E-state index contributed by atoms with van der Waals surface area (Å²) in [5, 5.41) is 8.46. The number of hydrogen-bond acceptors (Lipinski definition) is 4. The fraction of sp³-hybridized carbons (Fsp3) is 0.688. The number of urea groups is 1. The first-order valence-electron chi connectivity index (χ1n) is 8.11. The van der Waals surface area contributed by atoms with Crippen LogP contribution in [0.3, 0.4) is 0 Å². The molecule has 3 N–H and O–H groups in total. The predicted molar refractivity (Wildman–Crippen MR) is 112 cm³/mol. The minimum Gasteiger partial charge on any atom is -0.355 e. The van der Waals surface area contributed by atoms with Gasteiger partial charge in [-0.25, -0.2) is 4.79 Å². The van der Waals surface area contributed by atoms with E-state index >= 15 is 0 Å². The molecule has 0 spiro atoms. The highest BCUT2D eigenvalue weighted by atomic mass is 127. The number of piperidine rings is 1. The van der Waals surface area contributed by atoms with E-state index in [0.717, 1.165) is 49.9 Å². The van der Waals surface area contributed by atoms with Crippen molar-refractivity contribution in [3.8, 4) is 12.3 Å². The number of hydrogen-bond donors (Lipinski definition) is 3. The molecular weight excluding hydrogens is 453 g/mol. The molecule has 0 aromatic rings. The number of nitrogens with zero attached hydrogens (tertiary/aromatic N) is 2. The van der Waals surface area contributed by atoms with Gasteiger partial charge in [0.15, 0.2) is 5.96 Å². The highest BCUT2D eigenvalue weighted by Crippen LogP contribution is 2.30. The van der Waals surface area contributed by atoms with E-state index in [-0.39, 0.29) is 35.8 Å². The molecule has 140 valence electrons. The second-order valence-corrected chi connectivity index (χ2v) is 7.21. The SMILES string of the molecule is C#CCSCCNC(=NC)N1CCC(C2(C)NC(=O)NC2=O)CC1.I. The van der Waals surface area contributed by atoms with Gasteiger partial charge in [-0.1, -0.05) is 5.92 Å². The molecule has 2 rings (SSSR count). The lowest BCUT2D eigenvalue weighted by atomic mass is 9.79. The summed E-state index contributed by atoms with van der Waals surface area (Å²) in [7, 11) is 1.77. The number of rotatable bonds is 5. The monoisotopic (exact) mass is 479 g/mol. The van der Waals surface area contributed by atoms with E-state index in [9.17, 15) is 9.59 Å². The average molecular weight is 479 g/mol. The summed E-state index contributed by atoms with van der Waals surface area (Å²) in [5.41, 5.74) is -0.800. The van der Waals surface area contributed by atoms with E-state index in [1.807, 2.05) is 6.92 Å². The molecule has 25 heavy (non-hydrogen) atoms. The first kappa shape index (κ1) is 21.9. The van der Waals surface area contributed by atoms with E-state index in [1.165, 1.54) is 0 Å². The van der Waals surface area contributed by atoms with Gasteiger partial charge in [0.05, 0.1) is 5.75 Å². The third kappa shape index (κ3) is 5.41. The van der Waals surface area contributed by atoms with Crippen LogP contribution in [0.15, 0.2) is 4.99 Å². The molecule has 0 radical (unpaired) electrons. The van der Waals surface area contributed by atoms with Crippen LogP contribution < -0.4 is 16.0 Å². The maximum Gasteiger partial charge on any atom is 0.322 e. The van der Waals surface area contributed by atoms with Crippen LogP contribution in [0.2, 0.25) is 0 Å². The van der Waals surface area contributed by atoms with Crippen LogP contribution in [-0.2, 0) is 4.79 Å². The summed E-state index contributed by atoms with van der Waals surface area (Å²) in [5.74, 6) is 5.04. The summed E-state index contributed by atoms with van der Waals surface area (Å²) < 4.78 is 0. The number of amides is 3. The molecule has 2 fully saturated rings. The van der Waals surface area contributed by atoms with Crippen LogP contribution in [0.4, 0.5) is 4.79 Å². The van der Waals surface area contributed by atoms with Gasteiger partial charge >= 0.3 is 6.03 Å². The minimum absolute atomic E-state index is 0. The summed E-state index contributed by atoms with van der Waals surface area (Å²) in [4.78, 5) is 30.0. The average Bonchev–Trinajstić information content (AvgIpc) is 2.84. The molecule has 2 aliphatic heterocycles. The number of nitrogens with one attached hydrogen (secondary N) is 3. The van der Waals surface area contributed by atoms with Crippen molar-refractivity contribution in [2.75, 3.05) is 38.2 Å². The second-order valence-electron chi connectivity index (χ2n) is 6.10. The maximum absolute atomic E-state index is 12.0. The third-order valence-electron chi connectivity index (χ3n) is 4.61. The van der Waals surface area contributed by atoms with Crippen molar-refractivity contribution in [1.29, 1.82) is 0 Å². The number of halogens is 1. The van der Waals surface area contributed by atoms with E-state index in [1.54, 1.807) is 18.8 Å². The number of likely N-dealkylation sites (tertiary alicyclic amines) is 1. The molecule has 7 nitrogen and oxygen atoms in total. The molecule has 0 aliphatic carbocycles. The van der Waals surface area contributed by atoms with Gasteiger partial charge in [0.1, 0.15) is 5.54 Å². The molecule has 1 atom stereocenters. The number of imide groups is 1. The van der Waals surface area contributed by atoms with E-state index in [2.05, 4.69) is 31.8 Å². The van der Waals surface area contributed by atoms with Crippen molar-refractivity contribution in [3.05, 3.63) is 0 Å². The highest BCUT2D eigenvalue weighted by molar-refractivity contribution is 14.0. The summed E-state index contributed by atoms with van der Waals surface area (Å²) in [6, 6.07) is -0.396. The van der Waals surface area contributed by atoms with Gasteiger partial charge in [-0.05, 0) is 25.7 Å². The van der Waals surface area contributed by atoms with E-state index < -0.39 is 11.6 Å². The smallest absolute Gasteiger partial charge is 0.322 e. The molecule has 0 aromatic heterocycles. The Kier molecular flexibility index (Phi) is 8.85. The first-order valence-corrected chi connectivity index (χ1v) is 9.27. The van der Waals surface area contributed by atoms with Crippen LogP contribution in [0.5, 0.6) is 0 Å². The number of carbonyl (C=O) groups is 2. The van der Waals surface area contributed by atoms with Gasteiger partial charge in [0.2, 0.25) is 0 Å². The third-order valence-corrected chi connectivity index (χ3v) is 5.47. The summed E-state index contributed by atoms with van der Waals surface area (Å²) >= 11 is 1.71. The van der Waals surface area contributed by atoms with Crippen molar-refractivity contribution < 1.29 is 9.59 Å². The van der Waals surface area contributed by atoms with Gasteiger partial charge in [-0.15, -0.1) is 42.2 Å². The van der Waals surface area contributed by atoms with Crippen LogP contribution in [0.1, 0.15) is 19.8 Å². The zero-order valence-electron chi connectivity index (χ0n) is 14.6. The molecular formula is C16H26IN5O2S. The number of thioether (sulfide) groups is 1. The molecule has 0 bridgehead atoms. The quantitative estimate of drug-likeness (QED) is 0.136. The van der Waals surface area contributed by atoms with Crippen molar-refractivity contribution >= 4 is 53.6 Å². The zero-order chi connectivity index (χ0) is 17.6. The Morgan fingerprint density at radius 3 is 2.68 bits per heavy atom. The summed E-state index contributed by atoms with van der Waals surface area (Å²) in [6.45, 7) is 4.24. The maximum atomic E-state index is 12.0. The van der Waals surface area contributed by atoms with Crippen LogP contribution in [0, 0.1) is 18.3 Å². The fourth-order valence-corrected chi connectivity index (χ4v) is 3.72. The Hall–Kier alpha value is -1.15. The zero-order valence-corrected chi connectivity index (χ0v) is 17.8. The van der Waals surface area contributed by atoms with E-state index in [0.29, 0.717) is 0 Å². The number of carbonyl (C=O) groups excluding carboxylic acids is 2. The second kappa shape index (κ2) is 10.1. The van der Waals surface area contributed by atoms with Gasteiger partial charge in [-0.3, -0.25) is 15.1 Å². The summed E-state index contributed by atoms with van der Waals surface area (Å²) in [6.07, 6.45) is 6.89. The molecule has 3 amide bonds. The molecule has 2 heterocycles. The Bertz CT molecular complexity index is 557. The number of aliphatic imine (C=N–C) groups is 1. The lowest BCUT2D eigenvalue weighted by Crippen LogP contribution is -2.55. The van der Waals surface area contributed by atoms with Crippen LogP contribution >= 0.6 is 35.7 Å². The molecule has 0 aromatic carbocycles. The topological polar surface area (TPSA) is 85.8 Å².